The van der Waals surface area contributed by atoms with Crippen molar-refractivity contribution in [2.24, 2.45) is 0 Å². The molecule has 1 rings (SSSR count). The van der Waals surface area contributed by atoms with E-state index >= 15 is 0 Å². The van der Waals surface area contributed by atoms with Crippen LogP contribution in [-0.2, 0) is 0 Å². The summed E-state index contributed by atoms with van der Waals surface area (Å²) in [4.78, 5) is 1.77. The van der Waals surface area contributed by atoms with Crippen LogP contribution in [0.15, 0.2) is 0 Å². The number of halogens is 1. The highest BCUT2D eigenvalue weighted by atomic mass is 32.2. The molecule has 0 saturated carbocycles. The molecule has 1 fully saturated rings. The van der Waals surface area contributed by atoms with Crippen LogP contribution < -0.4 is 0 Å². The largest absolute Gasteiger partial charge is 0.349 e. The zero-order valence-corrected chi connectivity index (χ0v) is 6.75. The topological polar surface area (TPSA) is 27.1 Å². The van der Waals surface area contributed by atoms with Crippen molar-refractivity contribution in [3.05, 3.63) is 0 Å². The molecule has 1 unspecified atom stereocenters. The van der Waals surface area contributed by atoms with E-state index in [4.69, 9.17) is 5.41 Å². The third-order valence-corrected chi connectivity index (χ3v) is 2.26. The number of nitrogens with one attached hydrogen (secondary N) is 1. The smallest absolute Gasteiger partial charge is 0.156 e. The van der Waals surface area contributed by atoms with Crippen molar-refractivity contribution in [3.8, 4) is 0 Å². The number of hydrogen-bond acceptors (Lipinski definition) is 2. The third kappa shape index (κ3) is 1.62. The Morgan fingerprint density at radius 3 is 2.90 bits per heavy atom. The van der Waals surface area contributed by atoms with Gasteiger partial charge in [-0.25, -0.2) is 4.39 Å². The Bertz CT molecular complexity index is 140. The molecule has 0 aromatic heterocycles. The van der Waals surface area contributed by atoms with Crippen LogP contribution in [-0.4, -0.2) is 35.6 Å². The highest BCUT2D eigenvalue weighted by Gasteiger charge is 2.22. The number of alkyl halides is 1. The molecular formula is C6H11FN2S. The van der Waals surface area contributed by atoms with Gasteiger partial charge in [0, 0.05) is 6.54 Å². The Morgan fingerprint density at radius 1 is 1.80 bits per heavy atom. The lowest BCUT2D eigenvalue weighted by Crippen LogP contribution is -2.25. The monoisotopic (exact) mass is 162 g/mol. The van der Waals surface area contributed by atoms with Crippen molar-refractivity contribution in [2.45, 2.75) is 12.6 Å². The summed E-state index contributed by atoms with van der Waals surface area (Å²) in [5.41, 5.74) is 0. The summed E-state index contributed by atoms with van der Waals surface area (Å²) < 4.78 is 12.5. The van der Waals surface area contributed by atoms with Crippen molar-refractivity contribution in [1.29, 1.82) is 5.41 Å². The zero-order valence-electron chi connectivity index (χ0n) is 5.93. The van der Waals surface area contributed by atoms with Crippen LogP contribution in [0.25, 0.3) is 0 Å². The second kappa shape index (κ2) is 3.23. The number of nitrogens with zero attached hydrogens (tertiary/aromatic N) is 1. The van der Waals surface area contributed by atoms with E-state index in [1.54, 1.807) is 4.90 Å². The van der Waals surface area contributed by atoms with E-state index in [0.29, 0.717) is 24.7 Å². The number of hydrogen-bond donors (Lipinski definition) is 1. The van der Waals surface area contributed by atoms with E-state index in [9.17, 15) is 4.39 Å². The zero-order chi connectivity index (χ0) is 7.56. The molecule has 10 heavy (non-hydrogen) atoms. The minimum absolute atomic E-state index is 0.416. The van der Waals surface area contributed by atoms with Gasteiger partial charge >= 0.3 is 0 Å². The first-order valence-corrected chi connectivity index (χ1v) is 4.48. The first kappa shape index (κ1) is 7.85. The minimum atomic E-state index is -0.715. The number of likely N-dealkylation sites (tertiary alicyclic amines) is 1. The van der Waals surface area contributed by atoms with E-state index in [1.165, 1.54) is 11.8 Å². The van der Waals surface area contributed by atoms with Crippen molar-refractivity contribution in [3.63, 3.8) is 0 Å². The summed E-state index contributed by atoms with van der Waals surface area (Å²) >= 11 is 1.37. The van der Waals surface area contributed by atoms with Crippen LogP contribution in [0.4, 0.5) is 4.39 Å². The highest BCUT2D eigenvalue weighted by molar-refractivity contribution is 8.13. The maximum absolute atomic E-state index is 12.5. The Morgan fingerprint density at radius 2 is 2.50 bits per heavy atom. The van der Waals surface area contributed by atoms with Gasteiger partial charge in [-0.15, -0.1) is 0 Å². The second-order valence-electron chi connectivity index (χ2n) is 2.34. The van der Waals surface area contributed by atoms with E-state index in [2.05, 4.69) is 0 Å². The summed E-state index contributed by atoms with van der Waals surface area (Å²) in [7, 11) is 0. The van der Waals surface area contributed by atoms with Crippen LogP contribution in [0, 0.1) is 5.41 Å². The lowest BCUT2D eigenvalue weighted by molar-refractivity contribution is 0.343. The first-order valence-electron chi connectivity index (χ1n) is 3.25. The molecule has 4 heteroatoms. The van der Waals surface area contributed by atoms with Gasteiger partial charge in [-0.3, -0.25) is 5.41 Å². The number of rotatable bonds is 0. The molecule has 0 amide bonds. The third-order valence-electron chi connectivity index (χ3n) is 1.61. The molecule has 1 saturated heterocycles. The Balaban J connectivity index is 2.37. The standard InChI is InChI=1S/C6H11FN2S/c1-10-6(8)9-3-2-5(7)4-9/h5,8H,2-4H2,1H3. The predicted octanol–water partition coefficient (Wildman–Crippen LogP) is 1.33. The Kier molecular flexibility index (Phi) is 2.54. The fourth-order valence-electron chi connectivity index (χ4n) is 1.03. The van der Waals surface area contributed by atoms with Crippen molar-refractivity contribution < 1.29 is 4.39 Å². The molecule has 0 radical (unpaired) electrons. The number of thioether (sulfide) groups is 1. The van der Waals surface area contributed by atoms with Crippen LogP contribution in [0.1, 0.15) is 6.42 Å². The molecule has 0 aromatic rings. The molecule has 0 aromatic carbocycles. The summed E-state index contributed by atoms with van der Waals surface area (Å²) in [6, 6.07) is 0. The molecule has 1 aliphatic rings. The molecule has 2 nitrogen and oxygen atoms in total. The van der Waals surface area contributed by atoms with Crippen LogP contribution in [0.5, 0.6) is 0 Å². The van der Waals surface area contributed by atoms with Gasteiger partial charge in [0.25, 0.3) is 0 Å². The highest BCUT2D eigenvalue weighted by Crippen LogP contribution is 2.15. The van der Waals surface area contributed by atoms with Gasteiger partial charge in [0.2, 0.25) is 0 Å². The van der Waals surface area contributed by atoms with Crippen LogP contribution in [0.2, 0.25) is 0 Å². The fraction of sp³-hybridized carbons (Fsp3) is 0.833. The van der Waals surface area contributed by atoms with Crippen LogP contribution >= 0.6 is 11.8 Å². The van der Waals surface area contributed by atoms with Crippen molar-refractivity contribution >= 4 is 16.9 Å². The Hall–Kier alpha value is -0.250. The van der Waals surface area contributed by atoms with Gasteiger partial charge in [-0.2, -0.15) is 0 Å². The van der Waals surface area contributed by atoms with E-state index < -0.39 is 6.17 Å². The van der Waals surface area contributed by atoms with Crippen LogP contribution in [0.3, 0.4) is 0 Å². The van der Waals surface area contributed by atoms with E-state index in [1.807, 2.05) is 6.26 Å². The maximum Gasteiger partial charge on any atom is 0.156 e. The van der Waals surface area contributed by atoms with Gasteiger partial charge in [0.1, 0.15) is 6.17 Å². The van der Waals surface area contributed by atoms with Crippen molar-refractivity contribution in [1.82, 2.24) is 4.90 Å². The van der Waals surface area contributed by atoms with Crippen molar-refractivity contribution in [2.75, 3.05) is 19.3 Å². The van der Waals surface area contributed by atoms with E-state index in [-0.39, 0.29) is 0 Å². The lowest BCUT2D eigenvalue weighted by Gasteiger charge is -2.15. The molecular weight excluding hydrogens is 151 g/mol. The second-order valence-corrected chi connectivity index (χ2v) is 3.14. The molecule has 0 spiro atoms. The van der Waals surface area contributed by atoms with E-state index in [0.717, 1.165) is 0 Å². The quantitative estimate of drug-likeness (QED) is 0.429. The first-order chi connectivity index (χ1) is 4.74. The predicted molar refractivity (Wildman–Crippen MR) is 42.3 cm³/mol. The van der Waals surface area contributed by atoms with Gasteiger partial charge in [0.15, 0.2) is 5.17 Å². The fourth-order valence-corrected chi connectivity index (χ4v) is 1.46. The lowest BCUT2D eigenvalue weighted by atomic mass is 10.4. The van der Waals surface area contributed by atoms with Gasteiger partial charge in [-0.1, -0.05) is 11.8 Å². The molecule has 1 heterocycles. The Labute approximate surface area is 64.3 Å². The van der Waals surface area contributed by atoms with Gasteiger partial charge < -0.3 is 4.90 Å². The molecule has 0 bridgehead atoms. The summed E-state index contributed by atoms with van der Waals surface area (Å²) in [6.45, 7) is 1.13. The molecule has 1 N–H and O–H groups in total. The SMILES string of the molecule is CSC(=N)N1CCC(F)C1. The average Bonchev–Trinajstić information content (AvgIpc) is 2.34. The molecule has 1 aliphatic heterocycles. The normalized spacial score (nSPS) is 25.4. The summed E-state index contributed by atoms with van der Waals surface area (Å²) in [5, 5.41) is 7.83. The van der Waals surface area contributed by atoms with Gasteiger partial charge in [0.05, 0.1) is 6.54 Å². The summed E-state index contributed by atoms with van der Waals surface area (Å²) in [5.74, 6) is 0. The average molecular weight is 162 g/mol. The molecule has 0 aliphatic carbocycles. The number of amidine groups is 1. The molecule has 58 valence electrons. The minimum Gasteiger partial charge on any atom is -0.349 e. The summed E-state index contributed by atoms with van der Waals surface area (Å²) in [6.07, 6.45) is 1.71. The molecule has 1 atom stereocenters. The maximum atomic E-state index is 12.5. The van der Waals surface area contributed by atoms with Gasteiger partial charge in [-0.05, 0) is 12.7 Å².